The normalized spacial score (nSPS) is 9.76. The predicted molar refractivity (Wildman–Crippen MR) is 75.8 cm³/mol. The van der Waals surface area contributed by atoms with Gasteiger partial charge in [-0.05, 0) is 31.2 Å². The minimum atomic E-state index is -0.128. The summed E-state index contributed by atoms with van der Waals surface area (Å²) in [5, 5.41) is 0. The molecule has 5 nitrogen and oxygen atoms in total. The van der Waals surface area contributed by atoms with E-state index in [1.54, 1.807) is 24.3 Å². The van der Waals surface area contributed by atoms with Crippen LogP contribution in [0.15, 0.2) is 48.5 Å². The number of hydrogen-bond acceptors (Lipinski definition) is 5. The zero-order valence-electron chi connectivity index (χ0n) is 11.4. The van der Waals surface area contributed by atoms with Gasteiger partial charge in [0.15, 0.2) is 17.3 Å². The fourth-order valence-electron chi connectivity index (χ4n) is 1.62. The van der Waals surface area contributed by atoms with E-state index in [1.165, 1.54) is 13.0 Å². The van der Waals surface area contributed by atoms with Crippen molar-refractivity contribution in [1.29, 1.82) is 0 Å². The van der Waals surface area contributed by atoms with E-state index in [0.717, 1.165) is 0 Å². The van der Waals surface area contributed by atoms with Gasteiger partial charge in [0.2, 0.25) is 0 Å². The number of para-hydroxylation sites is 1. The second kappa shape index (κ2) is 7.09. The molecule has 0 fully saturated rings. The van der Waals surface area contributed by atoms with Gasteiger partial charge in [-0.2, -0.15) is 0 Å². The first kappa shape index (κ1) is 14.6. The second-order valence-corrected chi connectivity index (χ2v) is 4.23. The van der Waals surface area contributed by atoms with Crippen LogP contribution in [0.5, 0.6) is 23.0 Å². The standard InChI is InChI=1S/C16H14O5/c1-12(18)10-19-15-8-7-14(9-16(15)20-11-17)21-13-5-3-2-4-6-13/h2-9,11H,10H2,1H3. The van der Waals surface area contributed by atoms with Crippen molar-refractivity contribution in [2.75, 3.05) is 6.61 Å². The maximum atomic E-state index is 10.9. The molecule has 0 radical (unpaired) electrons. The first-order chi connectivity index (χ1) is 10.2. The van der Waals surface area contributed by atoms with Crippen LogP contribution in [-0.2, 0) is 9.59 Å². The van der Waals surface area contributed by atoms with Crippen molar-refractivity contribution in [3.8, 4) is 23.0 Å². The van der Waals surface area contributed by atoms with Crippen LogP contribution in [-0.4, -0.2) is 18.9 Å². The third-order valence-electron chi connectivity index (χ3n) is 2.50. The van der Waals surface area contributed by atoms with E-state index < -0.39 is 0 Å². The van der Waals surface area contributed by atoms with E-state index in [2.05, 4.69) is 0 Å². The van der Waals surface area contributed by atoms with Crippen molar-refractivity contribution in [1.82, 2.24) is 0 Å². The highest BCUT2D eigenvalue weighted by molar-refractivity contribution is 5.77. The molecular weight excluding hydrogens is 272 g/mol. The quantitative estimate of drug-likeness (QED) is 0.732. The van der Waals surface area contributed by atoms with Gasteiger partial charge >= 0.3 is 0 Å². The number of carbonyl (C=O) groups excluding carboxylic acids is 2. The van der Waals surface area contributed by atoms with Crippen molar-refractivity contribution >= 4 is 12.3 Å². The lowest BCUT2D eigenvalue weighted by atomic mass is 10.3. The van der Waals surface area contributed by atoms with Gasteiger partial charge < -0.3 is 14.2 Å². The van der Waals surface area contributed by atoms with Gasteiger partial charge in [0.1, 0.15) is 18.1 Å². The molecule has 0 saturated carbocycles. The van der Waals surface area contributed by atoms with E-state index in [0.29, 0.717) is 23.7 Å². The van der Waals surface area contributed by atoms with E-state index in [4.69, 9.17) is 14.2 Å². The second-order valence-electron chi connectivity index (χ2n) is 4.23. The lowest BCUT2D eigenvalue weighted by Crippen LogP contribution is -2.07. The van der Waals surface area contributed by atoms with Gasteiger partial charge in [0.25, 0.3) is 6.47 Å². The van der Waals surface area contributed by atoms with Gasteiger partial charge in [-0.3, -0.25) is 9.59 Å². The minimum Gasteiger partial charge on any atom is -0.482 e. The summed E-state index contributed by atoms with van der Waals surface area (Å²) < 4.78 is 15.7. The van der Waals surface area contributed by atoms with Crippen LogP contribution < -0.4 is 14.2 Å². The molecule has 0 unspecified atom stereocenters. The fraction of sp³-hybridized carbons (Fsp3) is 0.125. The van der Waals surface area contributed by atoms with E-state index in [1.807, 2.05) is 18.2 Å². The number of hydrogen-bond donors (Lipinski definition) is 0. The van der Waals surface area contributed by atoms with Gasteiger partial charge in [0.05, 0.1) is 0 Å². The van der Waals surface area contributed by atoms with Gasteiger partial charge in [-0.15, -0.1) is 0 Å². The Morgan fingerprint density at radius 3 is 2.48 bits per heavy atom. The summed E-state index contributed by atoms with van der Waals surface area (Å²) in [6.45, 7) is 1.61. The Balaban J connectivity index is 2.18. The Morgan fingerprint density at radius 2 is 1.81 bits per heavy atom. The van der Waals surface area contributed by atoms with Gasteiger partial charge in [-0.1, -0.05) is 18.2 Å². The molecular formula is C16H14O5. The SMILES string of the molecule is CC(=O)COc1ccc(Oc2ccccc2)cc1OC=O. The maximum absolute atomic E-state index is 10.9. The van der Waals surface area contributed by atoms with Crippen LogP contribution in [0.3, 0.4) is 0 Å². The predicted octanol–water partition coefficient (Wildman–Crippen LogP) is 2.98. The molecule has 0 N–H and O–H groups in total. The smallest absolute Gasteiger partial charge is 0.298 e. The Kier molecular flexibility index (Phi) is 4.93. The monoisotopic (exact) mass is 286 g/mol. The molecule has 0 amide bonds. The highest BCUT2D eigenvalue weighted by atomic mass is 16.5. The van der Waals surface area contributed by atoms with Crippen LogP contribution in [0.1, 0.15) is 6.92 Å². The number of ether oxygens (including phenoxy) is 3. The summed E-state index contributed by atoms with van der Waals surface area (Å²) in [6, 6.07) is 14.0. The largest absolute Gasteiger partial charge is 0.482 e. The Hall–Kier alpha value is -2.82. The summed E-state index contributed by atoms with van der Waals surface area (Å²) in [5.41, 5.74) is 0. The van der Waals surface area contributed by atoms with E-state index in [9.17, 15) is 9.59 Å². The zero-order valence-corrected chi connectivity index (χ0v) is 11.4. The number of Topliss-reactive ketones (excluding diaryl/α,β-unsaturated/α-hetero) is 1. The molecule has 0 aliphatic heterocycles. The number of ketones is 1. The maximum Gasteiger partial charge on any atom is 0.298 e. The number of benzene rings is 2. The first-order valence-corrected chi connectivity index (χ1v) is 6.28. The molecule has 2 aromatic rings. The molecule has 0 atom stereocenters. The minimum absolute atomic E-state index is 0.0892. The fourth-order valence-corrected chi connectivity index (χ4v) is 1.62. The highest BCUT2D eigenvalue weighted by Crippen LogP contribution is 2.33. The van der Waals surface area contributed by atoms with Crippen LogP contribution in [0.25, 0.3) is 0 Å². The molecule has 0 bridgehead atoms. The van der Waals surface area contributed by atoms with Crippen molar-refractivity contribution in [3.63, 3.8) is 0 Å². The third kappa shape index (κ3) is 4.35. The molecule has 21 heavy (non-hydrogen) atoms. The summed E-state index contributed by atoms with van der Waals surface area (Å²) in [6.07, 6.45) is 0. The molecule has 0 saturated heterocycles. The van der Waals surface area contributed by atoms with Crippen molar-refractivity contribution in [2.45, 2.75) is 6.92 Å². The van der Waals surface area contributed by atoms with Gasteiger partial charge in [-0.25, -0.2) is 0 Å². The van der Waals surface area contributed by atoms with Crippen LogP contribution in [0.4, 0.5) is 0 Å². The highest BCUT2D eigenvalue weighted by Gasteiger charge is 2.09. The summed E-state index contributed by atoms with van der Waals surface area (Å²) in [7, 11) is 0. The zero-order chi connectivity index (χ0) is 15.1. The molecule has 5 heteroatoms. The Morgan fingerprint density at radius 1 is 1.05 bits per heavy atom. The van der Waals surface area contributed by atoms with Crippen LogP contribution in [0.2, 0.25) is 0 Å². The summed E-state index contributed by atoms with van der Waals surface area (Å²) >= 11 is 0. The summed E-state index contributed by atoms with van der Waals surface area (Å²) in [5.74, 6) is 1.52. The average molecular weight is 286 g/mol. The Bertz CT molecular complexity index is 622. The molecule has 0 aliphatic rings. The molecule has 2 aromatic carbocycles. The average Bonchev–Trinajstić information content (AvgIpc) is 2.48. The topological polar surface area (TPSA) is 61.8 Å². The lowest BCUT2D eigenvalue weighted by Gasteiger charge is -2.11. The van der Waals surface area contributed by atoms with Crippen molar-refractivity contribution in [2.24, 2.45) is 0 Å². The number of rotatable bonds is 7. The van der Waals surface area contributed by atoms with E-state index >= 15 is 0 Å². The molecule has 0 heterocycles. The summed E-state index contributed by atoms with van der Waals surface area (Å²) in [4.78, 5) is 21.5. The molecule has 108 valence electrons. The van der Waals surface area contributed by atoms with Crippen LogP contribution in [0, 0.1) is 0 Å². The van der Waals surface area contributed by atoms with Crippen molar-refractivity contribution < 1.29 is 23.8 Å². The molecule has 2 rings (SSSR count). The molecule has 0 spiro atoms. The Labute approximate surface area is 122 Å². The molecule has 0 aromatic heterocycles. The van der Waals surface area contributed by atoms with Crippen LogP contribution >= 0.6 is 0 Å². The number of carbonyl (C=O) groups is 2. The lowest BCUT2D eigenvalue weighted by molar-refractivity contribution is -0.120. The van der Waals surface area contributed by atoms with Crippen molar-refractivity contribution in [3.05, 3.63) is 48.5 Å². The third-order valence-corrected chi connectivity index (χ3v) is 2.50. The first-order valence-electron chi connectivity index (χ1n) is 6.28. The van der Waals surface area contributed by atoms with E-state index in [-0.39, 0.29) is 18.1 Å². The molecule has 0 aliphatic carbocycles. The van der Waals surface area contributed by atoms with Gasteiger partial charge in [0, 0.05) is 6.07 Å².